The summed E-state index contributed by atoms with van der Waals surface area (Å²) in [7, 11) is 0. The van der Waals surface area contributed by atoms with Crippen molar-refractivity contribution >= 4 is 17.4 Å². The van der Waals surface area contributed by atoms with Gasteiger partial charge in [0.15, 0.2) is 0 Å². The number of aromatic hydroxyl groups is 1. The maximum Gasteiger partial charge on any atom is 0.335 e. The molecule has 8 heteroatoms. The quantitative estimate of drug-likeness (QED) is 0.635. The first-order valence-corrected chi connectivity index (χ1v) is 8.86. The largest absolute Gasteiger partial charge is 0.545 e. The van der Waals surface area contributed by atoms with E-state index >= 15 is 0 Å². The monoisotopic (exact) mass is 392 g/mol. The average Bonchev–Trinajstić information content (AvgIpc) is 2.68. The van der Waals surface area contributed by atoms with Gasteiger partial charge in [-0.15, -0.1) is 0 Å². The van der Waals surface area contributed by atoms with Gasteiger partial charge >= 0.3 is 5.69 Å². The van der Waals surface area contributed by atoms with Gasteiger partial charge in [-0.25, -0.2) is 9.36 Å². The summed E-state index contributed by atoms with van der Waals surface area (Å²) >= 11 is 0. The van der Waals surface area contributed by atoms with Crippen molar-refractivity contribution in [3.8, 4) is 11.6 Å². The minimum absolute atomic E-state index is 0.0653. The Balaban J connectivity index is 2.21. The standard InChI is InChI=1S/C21H19N3O5/c1-3-16(22-14-6-4-5-13(11-14)20(27)28)17-18(25)23-21(29)24(19(17)26)15-9-7-12(2)8-10-15/h4-11,26H,3H2,1-2H3,(H,27,28)(H,23,25,29)/p-1. The third-order valence-electron chi connectivity index (χ3n) is 4.35. The fourth-order valence-electron chi connectivity index (χ4n) is 2.89. The normalized spacial score (nSPS) is 11.4. The van der Waals surface area contributed by atoms with Gasteiger partial charge < -0.3 is 15.0 Å². The second-order valence-corrected chi connectivity index (χ2v) is 6.38. The summed E-state index contributed by atoms with van der Waals surface area (Å²) in [5, 5.41) is 21.8. The van der Waals surface area contributed by atoms with Crippen LogP contribution in [0.25, 0.3) is 5.69 Å². The van der Waals surface area contributed by atoms with Gasteiger partial charge in [0.2, 0.25) is 5.88 Å². The Morgan fingerprint density at radius 3 is 2.48 bits per heavy atom. The van der Waals surface area contributed by atoms with Crippen molar-refractivity contribution in [3.63, 3.8) is 0 Å². The van der Waals surface area contributed by atoms with E-state index in [2.05, 4.69) is 9.98 Å². The number of nitrogens with one attached hydrogen (secondary N) is 1. The highest BCUT2D eigenvalue weighted by atomic mass is 16.4. The van der Waals surface area contributed by atoms with Crippen LogP contribution in [0.1, 0.15) is 34.8 Å². The molecule has 2 aromatic carbocycles. The number of aromatic amines is 1. The number of carbonyl (C=O) groups excluding carboxylic acids is 1. The number of carboxylic acids is 1. The van der Waals surface area contributed by atoms with Crippen molar-refractivity contribution in [1.29, 1.82) is 0 Å². The van der Waals surface area contributed by atoms with E-state index < -0.39 is 23.1 Å². The Morgan fingerprint density at radius 2 is 1.86 bits per heavy atom. The van der Waals surface area contributed by atoms with Crippen molar-refractivity contribution in [2.75, 3.05) is 0 Å². The first-order valence-electron chi connectivity index (χ1n) is 8.86. The number of aryl methyl sites for hydroxylation is 1. The van der Waals surface area contributed by atoms with Gasteiger partial charge in [0.1, 0.15) is 5.56 Å². The van der Waals surface area contributed by atoms with Gasteiger partial charge in [-0.3, -0.25) is 14.8 Å². The number of hydrogen-bond acceptors (Lipinski definition) is 6. The van der Waals surface area contributed by atoms with Crippen LogP contribution < -0.4 is 16.4 Å². The van der Waals surface area contributed by atoms with Gasteiger partial charge in [0.25, 0.3) is 5.56 Å². The molecule has 29 heavy (non-hydrogen) atoms. The van der Waals surface area contributed by atoms with Gasteiger partial charge in [-0.1, -0.05) is 36.8 Å². The summed E-state index contributed by atoms with van der Waals surface area (Å²) in [4.78, 5) is 42.3. The number of H-pyrrole nitrogens is 1. The molecule has 0 radical (unpaired) electrons. The fourth-order valence-corrected chi connectivity index (χ4v) is 2.89. The Labute approximate surface area is 165 Å². The van der Waals surface area contributed by atoms with Crippen LogP contribution in [0.3, 0.4) is 0 Å². The number of carbonyl (C=O) groups is 1. The van der Waals surface area contributed by atoms with E-state index in [1.807, 2.05) is 6.92 Å². The third-order valence-corrected chi connectivity index (χ3v) is 4.35. The van der Waals surface area contributed by atoms with Crippen LogP contribution in [0.15, 0.2) is 63.1 Å². The maximum absolute atomic E-state index is 12.5. The number of aromatic carboxylic acids is 1. The van der Waals surface area contributed by atoms with Gasteiger partial charge in [0, 0.05) is 0 Å². The lowest BCUT2D eigenvalue weighted by atomic mass is 10.1. The molecule has 0 spiro atoms. The molecule has 148 valence electrons. The molecule has 0 fully saturated rings. The molecule has 0 saturated heterocycles. The highest BCUT2D eigenvalue weighted by Crippen LogP contribution is 2.22. The second-order valence-electron chi connectivity index (χ2n) is 6.38. The molecular weight excluding hydrogens is 374 g/mol. The number of carboxylic acid groups (broad SMARTS) is 1. The van der Waals surface area contributed by atoms with Crippen LogP contribution in [-0.2, 0) is 0 Å². The van der Waals surface area contributed by atoms with Crippen LogP contribution in [0.5, 0.6) is 5.88 Å². The number of benzene rings is 2. The highest BCUT2D eigenvalue weighted by molar-refractivity contribution is 6.03. The molecule has 0 aliphatic heterocycles. The van der Waals surface area contributed by atoms with E-state index in [1.165, 1.54) is 18.2 Å². The molecule has 0 aliphatic rings. The molecule has 0 amide bonds. The zero-order valence-electron chi connectivity index (χ0n) is 15.8. The zero-order chi connectivity index (χ0) is 21.1. The Kier molecular flexibility index (Phi) is 5.45. The Morgan fingerprint density at radius 1 is 1.17 bits per heavy atom. The number of aromatic nitrogens is 2. The summed E-state index contributed by atoms with van der Waals surface area (Å²) in [5.41, 5.74) is 0.0214. The van der Waals surface area contributed by atoms with Crippen LogP contribution in [0.4, 0.5) is 5.69 Å². The summed E-state index contributed by atoms with van der Waals surface area (Å²) < 4.78 is 0.985. The topological polar surface area (TPSA) is 128 Å². The summed E-state index contributed by atoms with van der Waals surface area (Å²) in [5.74, 6) is -1.90. The summed E-state index contributed by atoms with van der Waals surface area (Å²) in [6.45, 7) is 3.61. The van der Waals surface area contributed by atoms with E-state index in [0.29, 0.717) is 5.69 Å². The van der Waals surface area contributed by atoms with E-state index in [1.54, 1.807) is 37.3 Å². The van der Waals surface area contributed by atoms with Crippen molar-refractivity contribution in [3.05, 3.63) is 86.1 Å². The van der Waals surface area contributed by atoms with Crippen molar-refractivity contribution < 1.29 is 15.0 Å². The van der Waals surface area contributed by atoms with Crippen molar-refractivity contribution in [1.82, 2.24) is 9.55 Å². The molecule has 3 rings (SSSR count). The summed E-state index contributed by atoms with van der Waals surface area (Å²) in [6.07, 6.45) is 0.248. The van der Waals surface area contributed by atoms with E-state index in [9.17, 15) is 24.6 Å². The molecule has 0 aliphatic carbocycles. The Bertz CT molecular complexity index is 1220. The number of rotatable bonds is 5. The van der Waals surface area contributed by atoms with E-state index in [4.69, 9.17) is 0 Å². The van der Waals surface area contributed by atoms with Crippen LogP contribution in [-0.4, -0.2) is 26.3 Å². The molecule has 1 heterocycles. The van der Waals surface area contributed by atoms with Crippen LogP contribution >= 0.6 is 0 Å². The first kappa shape index (κ1) is 19.8. The van der Waals surface area contributed by atoms with Crippen LogP contribution in [0, 0.1) is 6.92 Å². The minimum atomic E-state index is -1.35. The van der Waals surface area contributed by atoms with Crippen molar-refractivity contribution in [2.45, 2.75) is 20.3 Å². The molecule has 0 atom stereocenters. The SMILES string of the molecule is CCC(=Nc1cccc(C(=O)[O-])c1)c1c(O)n(-c2ccc(C)cc2)c(=O)[nH]c1=O. The predicted octanol–water partition coefficient (Wildman–Crippen LogP) is 1.43. The summed E-state index contributed by atoms with van der Waals surface area (Å²) in [6, 6.07) is 12.5. The molecule has 3 aromatic rings. The fraction of sp³-hybridized carbons (Fsp3) is 0.143. The van der Waals surface area contributed by atoms with Gasteiger partial charge in [-0.2, -0.15) is 0 Å². The number of hydrogen-bond donors (Lipinski definition) is 2. The molecule has 2 N–H and O–H groups in total. The zero-order valence-corrected chi connectivity index (χ0v) is 15.8. The molecular formula is C21H18N3O5-. The highest BCUT2D eigenvalue weighted by Gasteiger charge is 2.19. The van der Waals surface area contributed by atoms with Gasteiger partial charge in [-0.05, 0) is 43.2 Å². The number of aliphatic imine (C=N–C) groups is 1. The van der Waals surface area contributed by atoms with E-state index in [0.717, 1.165) is 10.1 Å². The molecule has 0 bridgehead atoms. The molecule has 1 aromatic heterocycles. The molecule has 0 unspecified atom stereocenters. The van der Waals surface area contributed by atoms with Crippen LogP contribution in [0.2, 0.25) is 0 Å². The minimum Gasteiger partial charge on any atom is -0.545 e. The maximum atomic E-state index is 12.5. The average molecular weight is 392 g/mol. The smallest absolute Gasteiger partial charge is 0.335 e. The second kappa shape index (κ2) is 7.97. The third kappa shape index (κ3) is 4.01. The van der Waals surface area contributed by atoms with E-state index in [-0.39, 0.29) is 28.9 Å². The lowest BCUT2D eigenvalue weighted by Gasteiger charge is -2.13. The molecule has 8 nitrogen and oxygen atoms in total. The molecule has 0 saturated carbocycles. The lowest BCUT2D eigenvalue weighted by molar-refractivity contribution is -0.255. The number of nitrogens with zero attached hydrogens (tertiary/aromatic N) is 2. The van der Waals surface area contributed by atoms with Crippen molar-refractivity contribution in [2.24, 2.45) is 4.99 Å². The first-order chi connectivity index (χ1) is 13.8. The lowest BCUT2D eigenvalue weighted by Crippen LogP contribution is -2.33. The Hall–Kier alpha value is -3.94. The van der Waals surface area contributed by atoms with Gasteiger partial charge in [0.05, 0.1) is 23.1 Å². The predicted molar refractivity (Wildman–Crippen MR) is 106 cm³/mol.